The minimum atomic E-state index is -0.827. The third-order valence-corrected chi connectivity index (χ3v) is 3.51. The van der Waals surface area contributed by atoms with Crippen LogP contribution in [0.1, 0.15) is 39.2 Å². The molecule has 1 aromatic rings. The Labute approximate surface area is 143 Å². The number of esters is 1. The Morgan fingerprint density at radius 3 is 2.58 bits per heavy atom. The first-order chi connectivity index (χ1) is 11.4. The Morgan fingerprint density at radius 1 is 1.29 bits per heavy atom. The smallest absolute Gasteiger partial charge is 0.306 e. The lowest BCUT2D eigenvalue weighted by Crippen LogP contribution is -2.40. The minimum absolute atomic E-state index is 0.226. The first-order valence-electron chi connectivity index (χ1n) is 8.30. The van der Waals surface area contributed by atoms with Gasteiger partial charge in [-0.1, -0.05) is 19.9 Å². The van der Waals surface area contributed by atoms with Crippen LogP contribution in [0.25, 0.3) is 0 Å². The molecule has 0 saturated carbocycles. The lowest BCUT2D eigenvalue weighted by Gasteiger charge is -2.22. The van der Waals surface area contributed by atoms with Crippen LogP contribution in [0.2, 0.25) is 0 Å². The molecule has 0 amide bonds. The fourth-order valence-corrected chi connectivity index (χ4v) is 2.29. The molecule has 0 fully saturated rings. The van der Waals surface area contributed by atoms with Crippen molar-refractivity contribution in [3.8, 4) is 11.5 Å². The van der Waals surface area contributed by atoms with E-state index < -0.39 is 12.3 Å². The van der Waals surface area contributed by atoms with Gasteiger partial charge in [0.25, 0.3) is 0 Å². The maximum atomic E-state index is 11.4. The van der Waals surface area contributed by atoms with E-state index in [0.29, 0.717) is 43.3 Å². The van der Waals surface area contributed by atoms with Gasteiger partial charge >= 0.3 is 5.97 Å². The summed E-state index contributed by atoms with van der Waals surface area (Å²) >= 11 is 0. The van der Waals surface area contributed by atoms with Crippen LogP contribution < -0.4 is 15.2 Å². The van der Waals surface area contributed by atoms with Crippen molar-refractivity contribution in [1.82, 2.24) is 0 Å². The van der Waals surface area contributed by atoms with Crippen LogP contribution in [0.4, 0.5) is 0 Å². The van der Waals surface area contributed by atoms with Crippen LogP contribution in [-0.2, 0) is 16.0 Å². The molecular formula is C18H29NO5. The number of carbonyl (C=O) groups is 1. The Balaban J connectivity index is 2.70. The minimum Gasteiger partial charge on any atom is -0.493 e. The van der Waals surface area contributed by atoms with Crippen molar-refractivity contribution in [2.75, 3.05) is 13.7 Å². The van der Waals surface area contributed by atoms with Gasteiger partial charge in [-0.25, -0.2) is 0 Å². The van der Waals surface area contributed by atoms with Crippen molar-refractivity contribution in [2.24, 2.45) is 11.7 Å². The summed E-state index contributed by atoms with van der Waals surface area (Å²) in [6, 6.07) is 5.38. The molecule has 136 valence electrons. The highest BCUT2D eigenvalue weighted by molar-refractivity contribution is 5.69. The van der Waals surface area contributed by atoms with Crippen molar-refractivity contribution < 1.29 is 24.1 Å². The third kappa shape index (κ3) is 6.76. The highest BCUT2D eigenvalue weighted by atomic mass is 16.5. The second-order valence-electron chi connectivity index (χ2n) is 6.07. The Bertz CT molecular complexity index is 518. The Kier molecular flexibility index (Phi) is 8.57. The van der Waals surface area contributed by atoms with Crippen LogP contribution in [0, 0.1) is 5.92 Å². The molecule has 0 aliphatic heterocycles. The molecule has 0 heterocycles. The van der Waals surface area contributed by atoms with Gasteiger partial charge in [-0.2, -0.15) is 0 Å². The number of rotatable bonds is 10. The molecule has 1 rings (SSSR count). The van der Waals surface area contributed by atoms with Crippen LogP contribution in [0.15, 0.2) is 18.2 Å². The summed E-state index contributed by atoms with van der Waals surface area (Å²) in [5.41, 5.74) is 6.84. The summed E-state index contributed by atoms with van der Waals surface area (Å²) in [4.78, 5) is 11.4. The second-order valence-corrected chi connectivity index (χ2v) is 6.07. The summed E-state index contributed by atoms with van der Waals surface area (Å²) in [5, 5.41) is 10.0. The zero-order chi connectivity index (χ0) is 18.1. The Hall–Kier alpha value is -1.79. The molecule has 6 nitrogen and oxygen atoms in total. The van der Waals surface area contributed by atoms with E-state index in [4.69, 9.17) is 19.9 Å². The van der Waals surface area contributed by atoms with E-state index in [-0.39, 0.29) is 5.97 Å². The van der Waals surface area contributed by atoms with Gasteiger partial charge in [-0.15, -0.1) is 0 Å². The zero-order valence-corrected chi connectivity index (χ0v) is 15.0. The molecule has 3 N–H and O–H groups in total. The average molecular weight is 339 g/mol. The highest BCUT2D eigenvalue weighted by Crippen LogP contribution is 2.29. The predicted octanol–water partition coefficient (Wildman–Crippen LogP) is 2.26. The maximum absolute atomic E-state index is 11.4. The van der Waals surface area contributed by atoms with E-state index >= 15 is 0 Å². The van der Waals surface area contributed by atoms with E-state index in [1.807, 2.05) is 19.9 Å². The van der Waals surface area contributed by atoms with Crippen LogP contribution in [0.3, 0.4) is 0 Å². The molecule has 1 aromatic carbocycles. The molecule has 0 bridgehead atoms. The molecule has 0 aliphatic rings. The summed E-state index contributed by atoms with van der Waals surface area (Å²) in [6.45, 7) is 6.18. The molecule has 2 atom stereocenters. The van der Waals surface area contributed by atoms with Crippen molar-refractivity contribution in [3.63, 3.8) is 0 Å². The lowest BCUT2D eigenvalue weighted by molar-refractivity contribution is -0.143. The van der Waals surface area contributed by atoms with Crippen LogP contribution in [0.5, 0.6) is 11.5 Å². The number of methoxy groups -OCH3 is 1. The van der Waals surface area contributed by atoms with E-state index in [2.05, 4.69) is 0 Å². The zero-order valence-electron chi connectivity index (χ0n) is 15.0. The number of aliphatic hydroxyl groups excluding tert-OH is 1. The van der Waals surface area contributed by atoms with Gasteiger partial charge in [-0.3, -0.25) is 10.5 Å². The molecule has 2 unspecified atom stereocenters. The van der Waals surface area contributed by atoms with Gasteiger partial charge in [-0.05, 0) is 43.4 Å². The highest BCUT2D eigenvalue weighted by Gasteiger charge is 2.19. The number of carbonyl (C=O) groups excluding carboxylic acids is 1. The van der Waals surface area contributed by atoms with Gasteiger partial charge in [0.05, 0.1) is 13.7 Å². The predicted molar refractivity (Wildman–Crippen MR) is 92.0 cm³/mol. The largest absolute Gasteiger partial charge is 0.493 e. The van der Waals surface area contributed by atoms with E-state index in [9.17, 15) is 9.90 Å². The number of hydrogen-bond acceptors (Lipinski definition) is 6. The molecule has 0 aliphatic carbocycles. The summed E-state index contributed by atoms with van der Waals surface area (Å²) in [7, 11) is 1.54. The quantitative estimate of drug-likeness (QED) is 0.502. The number of nitrogens with two attached hydrogens (primary N) is 1. The van der Waals surface area contributed by atoms with Gasteiger partial charge in [0.2, 0.25) is 0 Å². The molecule has 0 saturated heterocycles. The molecule has 0 aromatic heterocycles. The van der Waals surface area contributed by atoms with Crippen molar-refractivity contribution in [3.05, 3.63) is 23.8 Å². The average Bonchev–Trinajstić information content (AvgIpc) is 2.53. The number of aryl methyl sites for hydroxylation is 1. The van der Waals surface area contributed by atoms with Crippen molar-refractivity contribution in [1.29, 1.82) is 0 Å². The van der Waals surface area contributed by atoms with Gasteiger partial charge in [0.15, 0.2) is 17.7 Å². The first kappa shape index (κ1) is 20.3. The summed E-state index contributed by atoms with van der Waals surface area (Å²) in [6.07, 6.45) is -0.160. The number of aliphatic hydroxyl groups is 1. The topological polar surface area (TPSA) is 91.0 Å². The van der Waals surface area contributed by atoms with Crippen LogP contribution >= 0.6 is 0 Å². The number of benzene rings is 1. The summed E-state index contributed by atoms with van der Waals surface area (Å²) < 4.78 is 15.9. The van der Waals surface area contributed by atoms with Crippen molar-refractivity contribution in [2.45, 2.75) is 52.4 Å². The fraction of sp³-hybridized carbons (Fsp3) is 0.611. The van der Waals surface area contributed by atoms with E-state index in [1.54, 1.807) is 19.1 Å². The SMILES string of the molecule is CCOC(=O)CCc1ccc(OC(N)C(O)CC(C)C)c(OC)c1. The van der Waals surface area contributed by atoms with Crippen molar-refractivity contribution >= 4 is 5.97 Å². The monoisotopic (exact) mass is 339 g/mol. The number of hydrogen-bond donors (Lipinski definition) is 2. The summed E-state index contributed by atoms with van der Waals surface area (Å²) in [5.74, 6) is 1.08. The first-order valence-corrected chi connectivity index (χ1v) is 8.30. The molecule has 24 heavy (non-hydrogen) atoms. The molecule has 0 radical (unpaired) electrons. The second kappa shape index (κ2) is 10.2. The standard InChI is InChI=1S/C18H29NO5/c1-5-23-17(21)9-7-13-6-8-15(16(11-13)22-4)24-18(19)14(20)10-12(2)3/h6,8,11-12,14,18,20H,5,7,9-10,19H2,1-4H3. The molecule has 0 spiro atoms. The molecule has 6 heteroatoms. The Morgan fingerprint density at radius 2 is 2.00 bits per heavy atom. The van der Waals surface area contributed by atoms with Gasteiger partial charge in [0.1, 0.15) is 6.10 Å². The van der Waals surface area contributed by atoms with E-state index in [0.717, 1.165) is 5.56 Å². The lowest BCUT2D eigenvalue weighted by atomic mass is 10.1. The third-order valence-electron chi connectivity index (χ3n) is 3.51. The fourth-order valence-electron chi connectivity index (χ4n) is 2.29. The molecular weight excluding hydrogens is 310 g/mol. The normalized spacial score (nSPS) is 13.5. The van der Waals surface area contributed by atoms with Gasteiger partial charge in [0, 0.05) is 6.42 Å². The van der Waals surface area contributed by atoms with E-state index in [1.165, 1.54) is 7.11 Å². The number of ether oxygens (including phenoxy) is 3. The maximum Gasteiger partial charge on any atom is 0.306 e. The van der Waals surface area contributed by atoms with Crippen LogP contribution in [-0.4, -0.2) is 37.1 Å². The van der Waals surface area contributed by atoms with Gasteiger partial charge < -0.3 is 19.3 Å².